The maximum Gasteiger partial charge on any atom is 0.276 e. The molecule has 0 aliphatic rings. The van der Waals surface area contributed by atoms with E-state index in [1.165, 1.54) is 4.68 Å². The standard InChI is InChI=1S/C22H25N3O3/c1-3-5-10-15-25-22(27)17-12-7-6-11-16(17)20(24-25)21(26)23-18-13-8-9-14-19(18)28-4-2/h6-9,11-14H,3-5,10,15H2,1-2H3,(H,23,26). The minimum absolute atomic E-state index is 0.169. The zero-order chi connectivity index (χ0) is 19.9. The Balaban J connectivity index is 2.00. The molecule has 1 heterocycles. The number of nitrogens with one attached hydrogen (secondary N) is 1. The lowest BCUT2D eigenvalue weighted by molar-refractivity contribution is 0.102. The van der Waals surface area contributed by atoms with Crippen LogP contribution < -0.4 is 15.6 Å². The second-order valence-electron chi connectivity index (χ2n) is 6.51. The molecule has 3 rings (SSSR count). The summed E-state index contributed by atoms with van der Waals surface area (Å²) in [5.41, 5.74) is 0.639. The van der Waals surface area contributed by atoms with Gasteiger partial charge in [0.15, 0.2) is 5.69 Å². The Labute approximate surface area is 164 Å². The molecule has 0 fully saturated rings. The highest BCUT2D eigenvalue weighted by molar-refractivity contribution is 6.11. The summed E-state index contributed by atoms with van der Waals surface area (Å²) in [6.45, 7) is 4.98. The van der Waals surface area contributed by atoms with Crippen molar-refractivity contribution in [3.8, 4) is 5.75 Å². The molecule has 0 saturated heterocycles. The zero-order valence-electron chi connectivity index (χ0n) is 16.3. The quantitative estimate of drug-likeness (QED) is 0.594. The van der Waals surface area contributed by atoms with Crippen LogP contribution in [0.2, 0.25) is 0 Å². The van der Waals surface area contributed by atoms with Gasteiger partial charge in [-0.15, -0.1) is 0 Å². The molecule has 0 aliphatic carbocycles. The Bertz CT molecular complexity index is 1030. The molecule has 1 amide bonds. The van der Waals surface area contributed by atoms with Crippen molar-refractivity contribution in [2.24, 2.45) is 0 Å². The number of fused-ring (bicyclic) bond motifs is 1. The van der Waals surface area contributed by atoms with Crippen molar-refractivity contribution >= 4 is 22.4 Å². The molecule has 3 aromatic rings. The fraction of sp³-hybridized carbons (Fsp3) is 0.318. The van der Waals surface area contributed by atoms with E-state index < -0.39 is 0 Å². The molecular formula is C22H25N3O3. The first kappa shape index (κ1) is 19.6. The van der Waals surface area contributed by atoms with Crippen LogP contribution in [0, 0.1) is 0 Å². The summed E-state index contributed by atoms with van der Waals surface area (Å²) in [5, 5.41) is 8.32. The number of rotatable bonds is 8. The smallest absolute Gasteiger partial charge is 0.276 e. The van der Waals surface area contributed by atoms with Gasteiger partial charge in [0.25, 0.3) is 11.5 Å². The van der Waals surface area contributed by atoms with Crippen LogP contribution in [0.1, 0.15) is 43.6 Å². The Morgan fingerprint density at radius 1 is 1.04 bits per heavy atom. The predicted molar refractivity (Wildman–Crippen MR) is 111 cm³/mol. The van der Waals surface area contributed by atoms with Gasteiger partial charge in [-0.3, -0.25) is 9.59 Å². The molecule has 146 valence electrons. The number of amides is 1. The summed E-state index contributed by atoms with van der Waals surface area (Å²) in [7, 11) is 0. The Morgan fingerprint density at radius 3 is 2.50 bits per heavy atom. The predicted octanol–water partition coefficient (Wildman–Crippen LogP) is 4.24. The van der Waals surface area contributed by atoms with E-state index in [9.17, 15) is 9.59 Å². The number of unbranched alkanes of at least 4 members (excludes halogenated alkanes) is 2. The van der Waals surface area contributed by atoms with Gasteiger partial charge in [0.1, 0.15) is 5.75 Å². The summed E-state index contributed by atoms with van der Waals surface area (Å²) in [6, 6.07) is 14.3. The third-order valence-corrected chi connectivity index (χ3v) is 4.49. The van der Waals surface area contributed by atoms with E-state index in [1.807, 2.05) is 19.1 Å². The molecule has 6 heteroatoms. The second-order valence-corrected chi connectivity index (χ2v) is 6.51. The zero-order valence-corrected chi connectivity index (χ0v) is 16.3. The maximum atomic E-state index is 13.0. The molecule has 0 spiro atoms. The number of anilines is 1. The van der Waals surface area contributed by atoms with Crippen molar-refractivity contribution < 1.29 is 9.53 Å². The highest BCUT2D eigenvalue weighted by Gasteiger charge is 2.18. The molecule has 1 N–H and O–H groups in total. The summed E-state index contributed by atoms with van der Waals surface area (Å²) in [4.78, 5) is 25.8. The Kier molecular flexibility index (Phi) is 6.42. The van der Waals surface area contributed by atoms with Crippen molar-refractivity contribution in [1.29, 1.82) is 0 Å². The van der Waals surface area contributed by atoms with Gasteiger partial charge in [0.2, 0.25) is 0 Å². The number of hydrogen-bond acceptors (Lipinski definition) is 4. The third-order valence-electron chi connectivity index (χ3n) is 4.49. The Hall–Kier alpha value is -3.15. The lowest BCUT2D eigenvalue weighted by atomic mass is 10.1. The topological polar surface area (TPSA) is 73.2 Å². The number of aromatic nitrogens is 2. The third kappa shape index (κ3) is 4.22. The number of ether oxygens (including phenoxy) is 1. The molecule has 1 aromatic heterocycles. The molecule has 6 nitrogen and oxygen atoms in total. The molecular weight excluding hydrogens is 354 g/mol. The number of hydrogen-bond donors (Lipinski definition) is 1. The van der Waals surface area contributed by atoms with Crippen LogP contribution in [-0.2, 0) is 6.54 Å². The average Bonchev–Trinajstić information content (AvgIpc) is 2.71. The molecule has 0 saturated carbocycles. The average molecular weight is 379 g/mol. The first-order valence-electron chi connectivity index (χ1n) is 9.68. The molecule has 0 radical (unpaired) electrons. The van der Waals surface area contributed by atoms with Crippen LogP contribution in [0.25, 0.3) is 10.8 Å². The van der Waals surface area contributed by atoms with Crippen LogP contribution >= 0.6 is 0 Å². The lowest BCUT2D eigenvalue weighted by Crippen LogP contribution is -2.27. The van der Waals surface area contributed by atoms with Gasteiger partial charge in [-0.05, 0) is 31.5 Å². The van der Waals surface area contributed by atoms with Crippen LogP contribution in [0.15, 0.2) is 53.3 Å². The van der Waals surface area contributed by atoms with Gasteiger partial charge >= 0.3 is 0 Å². The van der Waals surface area contributed by atoms with Crippen LogP contribution in [0.4, 0.5) is 5.69 Å². The van der Waals surface area contributed by atoms with Crippen LogP contribution in [0.5, 0.6) is 5.75 Å². The van der Waals surface area contributed by atoms with Crippen LogP contribution in [0.3, 0.4) is 0 Å². The van der Waals surface area contributed by atoms with E-state index in [1.54, 1.807) is 36.4 Å². The number of nitrogens with zero attached hydrogens (tertiary/aromatic N) is 2. The van der Waals surface area contributed by atoms with Crippen molar-refractivity contribution in [1.82, 2.24) is 9.78 Å². The van der Waals surface area contributed by atoms with Crippen molar-refractivity contribution in [2.45, 2.75) is 39.7 Å². The summed E-state index contributed by atoms with van der Waals surface area (Å²) in [5.74, 6) is 0.228. The lowest BCUT2D eigenvalue weighted by Gasteiger charge is -2.13. The maximum absolute atomic E-state index is 13.0. The highest BCUT2D eigenvalue weighted by Crippen LogP contribution is 2.25. The number of carbonyl (C=O) groups excluding carboxylic acids is 1. The van der Waals surface area contributed by atoms with Gasteiger partial charge in [-0.25, -0.2) is 4.68 Å². The second kappa shape index (κ2) is 9.17. The van der Waals surface area contributed by atoms with Gasteiger partial charge in [0.05, 0.1) is 17.7 Å². The SMILES string of the molecule is CCCCCn1nc(C(=O)Nc2ccccc2OCC)c2ccccc2c1=O. The normalized spacial score (nSPS) is 10.8. The molecule has 0 bridgehead atoms. The first-order chi connectivity index (χ1) is 13.7. The van der Waals surface area contributed by atoms with E-state index >= 15 is 0 Å². The Morgan fingerprint density at radius 2 is 1.75 bits per heavy atom. The summed E-state index contributed by atoms with van der Waals surface area (Å²) < 4.78 is 6.98. The number of benzene rings is 2. The van der Waals surface area contributed by atoms with E-state index in [0.29, 0.717) is 35.4 Å². The van der Waals surface area contributed by atoms with E-state index in [-0.39, 0.29) is 17.2 Å². The van der Waals surface area contributed by atoms with Gasteiger partial charge in [-0.2, -0.15) is 5.10 Å². The molecule has 2 aromatic carbocycles. The fourth-order valence-electron chi connectivity index (χ4n) is 3.10. The fourth-order valence-corrected chi connectivity index (χ4v) is 3.10. The van der Waals surface area contributed by atoms with Gasteiger partial charge in [-0.1, -0.05) is 50.1 Å². The molecule has 0 aliphatic heterocycles. The number of carbonyl (C=O) groups is 1. The monoisotopic (exact) mass is 379 g/mol. The number of para-hydroxylation sites is 2. The van der Waals surface area contributed by atoms with E-state index in [2.05, 4.69) is 17.3 Å². The summed E-state index contributed by atoms with van der Waals surface area (Å²) >= 11 is 0. The van der Waals surface area contributed by atoms with Crippen molar-refractivity contribution in [2.75, 3.05) is 11.9 Å². The van der Waals surface area contributed by atoms with Crippen molar-refractivity contribution in [3.63, 3.8) is 0 Å². The molecule has 0 unspecified atom stereocenters. The van der Waals surface area contributed by atoms with Gasteiger partial charge in [0, 0.05) is 11.9 Å². The minimum atomic E-state index is -0.368. The summed E-state index contributed by atoms with van der Waals surface area (Å²) in [6.07, 6.45) is 2.89. The number of aryl methyl sites for hydroxylation is 1. The largest absolute Gasteiger partial charge is 0.492 e. The van der Waals surface area contributed by atoms with E-state index in [4.69, 9.17) is 4.74 Å². The van der Waals surface area contributed by atoms with Crippen molar-refractivity contribution in [3.05, 3.63) is 64.6 Å². The highest BCUT2D eigenvalue weighted by atomic mass is 16.5. The molecule has 0 atom stereocenters. The van der Waals surface area contributed by atoms with Gasteiger partial charge < -0.3 is 10.1 Å². The van der Waals surface area contributed by atoms with E-state index in [0.717, 1.165) is 19.3 Å². The first-order valence-corrected chi connectivity index (χ1v) is 9.68. The van der Waals surface area contributed by atoms with Crippen LogP contribution in [-0.4, -0.2) is 22.3 Å². The minimum Gasteiger partial charge on any atom is -0.492 e. The molecule has 28 heavy (non-hydrogen) atoms.